The van der Waals surface area contributed by atoms with Gasteiger partial charge in [-0.3, -0.25) is 0 Å². The minimum absolute atomic E-state index is 0.906. The Labute approximate surface area is 94.3 Å². The average molecular weight is 206 g/mol. The normalized spacial score (nSPS) is 8.60. The lowest BCUT2D eigenvalue weighted by molar-refractivity contribution is 0.517. The number of aliphatic hydroxyl groups is 1. The predicted octanol–water partition coefficient (Wildman–Crippen LogP) is 3.85. The SMILES string of the molecule is CCCCCCCCCCC#CC#CO. The van der Waals surface area contributed by atoms with E-state index in [4.69, 9.17) is 5.11 Å². The molecular weight excluding hydrogens is 184 g/mol. The number of hydrogen-bond acceptors (Lipinski definition) is 1. The molecule has 0 atom stereocenters. The molecule has 0 aromatic rings. The van der Waals surface area contributed by atoms with Crippen LogP contribution < -0.4 is 0 Å². The van der Waals surface area contributed by atoms with Gasteiger partial charge in [-0.05, 0) is 12.3 Å². The zero-order valence-electron chi connectivity index (χ0n) is 9.81. The molecule has 1 nitrogen and oxygen atoms in total. The lowest BCUT2D eigenvalue weighted by Crippen LogP contribution is -1.79. The number of rotatable bonds is 8. The van der Waals surface area contributed by atoms with Crippen molar-refractivity contribution in [2.24, 2.45) is 0 Å². The highest BCUT2D eigenvalue weighted by molar-refractivity contribution is 5.23. The topological polar surface area (TPSA) is 20.2 Å². The van der Waals surface area contributed by atoms with Crippen molar-refractivity contribution in [3.8, 4) is 23.9 Å². The number of unbranched alkanes of at least 4 members (excludes halogenated alkanes) is 8. The van der Waals surface area contributed by atoms with E-state index in [2.05, 4.69) is 24.7 Å². The summed E-state index contributed by atoms with van der Waals surface area (Å²) in [5.41, 5.74) is 0. The smallest absolute Gasteiger partial charge is 0.122 e. The first-order valence-electron chi connectivity index (χ1n) is 6.03. The van der Waals surface area contributed by atoms with Crippen molar-refractivity contribution in [2.75, 3.05) is 0 Å². The Bertz CT molecular complexity index is 234. The summed E-state index contributed by atoms with van der Waals surface area (Å²) in [4.78, 5) is 0. The third-order valence-corrected chi connectivity index (χ3v) is 2.36. The Kier molecular flexibility index (Phi) is 12.0. The third-order valence-electron chi connectivity index (χ3n) is 2.36. The molecular formula is C14H22O. The van der Waals surface area contributed by atoms with E-state index in [0.717, 1.165) is 12.8 Å². The molecule has 1 N–H and O–H groups in total. The summed E-state index contributed by atoms with van der Waals surface area (Å²) < 4.78 is 0. The van der Waals surface area contributed by atoms with Crippen molar-refractivity contribution in [3.63, 3.8) is 0 Å². The van der Waals surface area contributed by atoms with Crippen LogP contribution >= 0.6 is 0 Å². The van der Waals surface area contributed by atoms with E-state index >= 15 is 0 Å². The number of hydrogen-bond donors (Lipinski definition) is 1. The van der Waals surface area contributed by atoms with Gasteiger partial charge in [0.1, 0.15) is 6.11 Å². The Morgan fingerprint density at radius 2 is 1.40 bits per heavy atom. The molecule has 0 bridgehead atoms. The molecule has 0 fully saturated rings. The van der Waals surface area contributed by atoms with Gasteiger partial charge < -0.3 is 5.11 Å². The summed E-state index contributed by atoms with van der Waals surface area (Å²) in [6.07, 6.45) is 13.3. The van der Waals surface area contributed by atoms with Crippen LogP contribution in [-0.4, -0.2) is 5.11 Å². The highest BCUT2D eigenvalue weighted by atomic mass is 16.2. The Hall–Kier alpha value is -1.08. The minimum Gasteiger partial charge on any atom is -0.461 e. The number of aliphatic hydroxyl groups excluding tert-OH is 1. The van der Waals surface area contributed by atoms with Gasteiger partial charge in [-0.25, -0.2) is 0 Å². The molecule has 0 aromatic carbocycles. The molecule has 0 spiro atoms. The van der Waals surface area contributed by atoms with Gasteiger partial charge in [0, 0.05) is 12.3 Å². The van der Waals surface area contributed by atoms with E-state index in [1.165, 1.54) is 44.9 Å². The van der Waals surface area contributed by atoms with Crippen LogP contribution in [0.25, 0.3) is 0 Å². The second kappa shape index (κ2) is 12.9. The summed E-state index contributed by atoms with van der Waals surface area (Å²) in [5.74, 6) is 7.82. The Morgan fingerprint density at radius 1 is 0.800 bits per heavy atom. The van der Waals surface area contributed by atoms with Crippen molar-refractivity contribution >= 4 is 0 Å². The van der Waals surface area contributed by atoms with Gasteiger partial charge in [-0.15, -0.1) is 0 Å². The highest BCUT2D eigenvalue weighted by Crippen LogP contribution is 2.08. The molecule has 0 saturated heterocycles. The molecule has 84 valence electrons. The van der Waals surface area contributed by atoms with Gasteiger partial charge in [0.15, 0.2) is 0 Å². The van der Waals surface area contributed by atoms with E-state index in [1.807, 2.05) is 0 Å². The zero-order chi connectivity index (χ0) is 11.2. The summed E-state index contributed by atoms with van der Waals surface area (Å²) in [7, 11) is 0. The molecule has 0 radical (unpaired) electrons. The van der Waals surface area contributed by atoms with Gasteiger partial charge in [-0.1, -0.05) is 57.8 Å². The van der Waals surface area contributed by atoms with Crippen molar-refractivity contribution in [2.45, 2.75) is 64.7 Å². The standard InChI is InChI=1S/C14H22O/c1-2-3-4-5-6-7-8-9-10-11-12-13-14-15/h15H,2-10H2,1H3. The first-order valence-corrected chi connectivity index (χ1v) is 6.03. The zero-order valence-corrected chi connectivity index (χ0v) is 9.81. The van der Waals surface area contributed by atoms with E-state index in [-0.39, 0.29) is 0 Å². The van der Waals surface area contributed by atoms with Gasteiger partial charge in [-0.2, -0.15) is 0 Å². The van der Waals surface area contributed by atoms with Gasteiger partial charge >= 0.3 is 0 Å². The third kappa shape index (κ3) is 12.9. The quantitative estimate of drug-likeness (QED) is 0.472. The van der Waals surface area contributed by atoms with Crippen LogP contribution in [0.4, 0.5) is 0 Å². The minimum atomic E-state index is 0.906. The summed E-state index contributed by atoms with van der Waals surface area (Å²) in [6.45, 7) is 2.24. The molecule has 0 heterocycles. The Morgan fingerprint density at radius 3 is 2.00 bits per heavy atom. The van der Waals surface area contributed by atoms with Crippen LogP contribution in [0.2, 0.25) is 0 Å². The monoisotopic (exact) mass is 206 g/mol. The molecule has 0 saturated carbocycles. The van der Waals surface area contributed by atoms with E-state index < -0.39 is 0 Å². The second-order valence-electron chi connectivity index (χ2n) is 3.76. The first kappa shape index (κ1) is 13.9. The molecule has 0 amide bonds. The summed E-state index contributed by atoms with van der Waals surface area (Å²) in [6, 6.07) is 0. The lowest BCUT2D eigenvalue weighted by atomic mass is 10.1. The average Bonchev–Trinajstić information content (AvgIpc) is 2.26. The van der Waals surface area contributed by atoms with Crippen molar-refractivity contribution in [1.29, 1.82) is 0 Å². The highest BCUT2D eigenvalue weighted by Gasteiger charge is 1.89. The van der Waals surface area contributed by atoms with E-state index in [9.17, 15) is 0 Å². The van der Waals surface area contributed by atoms with Crippen molar-refractivity contribution < 1.29 is 5.11 Å². The maximum Gasteiger partial charge on any atom is 0.122 e. The fraction of sp³-hybridized carbons (Fsp3) is 0.714. The van der Waals surface area contributed by atoms with Gasteiger partial charge in [0.05, 0.1) is 0 Å². The molecule has 0 aliphatic heterocycles. The largest absolute Gasteiger partial charge is 0.461 e. The van der Waals surface area contributed by atoms with Crippen LogP contribution in [0.5, 0.6) is 0 Å². The van der Waals surface area contributed by atoms with Crippen LogP contribution in [0, 0.1) is 23.9 Å². The van der Waals surface area contributed by atoms with E-state index in [1.54, 1.807) is 6.11 Å². The predicted molar refractivity (Wildman–Crippen MR) is 64.7 cm³/mol. The molecule has 0 rings (SSSR count). The maximum atomic E-state index is 8.15. The fourth-order valence-electron chi connectivity index (χ4n) is 1.48. The first-order chi connectivity index (χ1) is 7.41. The molecule has 0 aliphatic rings. The van der Waals surface area contributed by atoms with Crippen molar-refractivity contribution in [1.82, 2.24) is 0 Å². The summed E-state index contributed by atoms with van der Waals surface area (Å²) in [5, 5.41) is 8.15. The van der Waals surface area contributed by atoms with Gasteiger partial charge in [0.2, 0.25) is 0 Å². The molecule has 1 heteroatoms. The van der Waals surface area contributed by atoms with Crippen LogP contribution in [0.3, 0.4) is 0 Å². The van der Waals surface area contributed by atoms with Crippen LogP contribution in [-0.2, 0) is 0 Å². The fourth-order valence-corrected chi connectivity index (χ4v) is 1.48. The molecule has 0 unspecified atom stereocenters. The summed E-state index contributed by atoms with van der Waals surface area (Å²) >= 11 is 0. The Balaban J connectivity index is 3.05. The molecule has 15 heavy (non-hydrogen) atoms. The second-order valence-corrected chi connectivity index (χ2v) is 3.76. The molecule has 0 aromatic heterocycles. The van der Waals surface area contributed by atoms with Crippen LogP contribution in [0.15, 0.2) is 0 Å². The van der Waals surface area contributed by atoms with Gasteiger partial charge in [0.25, 0.3) is 0 Å². The maximum absolute atomic E-state index is 8.15. The van der Waals surface area contributed by atoms with E-state index in [0.29, 0.717) is 0 Å². The van der Waals surface area contributed by atoms with Crippen LogP contribution in [0.1, 0.15) is 64.7 Å². The van der Waals surface area contributed by atoms with Crippen molar-refractivity contribution in [3.05, 3.63) is 0 Å². The molecule has 0 aliphatic carbocycles. The lowest BCUT2D eigenvalue weighted by Gasteiger charge is -1.98.